The number of anilines is 1. The van der Waals surface area contributed by atoms with E-state index >= 15 is 0 Å². The molecule has 0 bridgehead atoms. The molecule has 3 aromatic rings. The molecule has 2 heterocycles. The molecule has 0 unspecified atom stereocenters. The van der Waals surface area contributed by atoms with Crippen LogP contribution in [0.15, 0.2) is 64.5 Å². The highest BCUT2D eigenvalue weighted by molar-refractivity contribution is 7.91. The summed E-state index contributed by atoms with van der Waals surface area (Å²) >= 11 is 5.88. The Labute approximate surface area is 157 Å². The second-order valence-corrected chi connectivity index (χ2v) is 8.59. The van der Waals surface area contributed by atoms with E-state index in [1.165, 1.54) is 12.1 Å². The first-order valence-electron chi connectivity index (χ1n) is 8.41. The van der Waals surface area contributed by atoms with Crippen LogP contribution in [0, 0.1) is 0 Å². The molecule has 134 valence electrons. The highest BCUT2D eigenvalue weighted by atomic mass is 35.5. The van der Waals surface area contributed by atoms with Gasteiger partial charge in [0.25, 0.3) is 0 Å². The first-order chi connectivity index (χ1) is 12.6. The molecule has 1 aliphatic heterocycles. The first kappa shape index (κ1) is 17.3. The third kappa shape index (κ3) is 3.16. The third-order valence-corrected chi connectivity index (χ3v) is 6.60. The minimum Gasteiger partial charge on any atom is -0.368 e. The van der Waals surface area contributed by atoms with E-state index in [4.69, 9.17) is 11.6 Å². The molecule has 0 atom stereocenters. The monoisotopic (exact) mass is 387 g/mol. The highest BCUT2D eigenvalue weighted by Gasteiger charge is 2.20. The van der Waals surface area contributed by atoms with Crippen molar-refractivity contribution in [1.82, 2.24) is 10.3 Å². The number of sulfone groups is 1. The Bertz CT molecular complexity index is 1050. The van der Waals surface area contributed by atoms with Crippen molar-refractivity contribution in [3.63, 3.8) is 0 Å². The zero-order chi connectivity index (χ0) is 18.1. The Hall–Kier alpha value is -2.15. The topological polar surface area (TPSA) is 62.3 Å². The molecule has 1 fully saturated rings. The van der Waals surface area contributed by atoms with Gasteiger partial charge < -0.3 is 10.2 Å². The van der Waals surface area contributed by atoms with Gasteiger partial charge in [-0.3, -0.25) is 4.98 Å². The van der Waals surface area contributed by atoms with Crippen LogP contribution >= 0.6 is 11.6 Å². The van der Waals surface area contributed by atoms with Gasteiger partial charge in [0.15, 0.2) is 0 Å². The molecular formula is C19H18ClN3O2S. The number of halogens is 1. The predicted molar refractivity (Wildman–Crippen MR) is 104 cm³/mol. The summed E-state index contributed by atoms with van der Waals surface area (Å²) in [7, 11) is -3.61. The van der Waals surface area contributed by atoms with Crippen LogP contribution in [0.3, 0.4) is 0 Å². The summed E-state index contributed by atoms with van der Waals surface area (Å²) in [6.07, 6.45) is 1.77. The average molecular weight is 388 g/mol. The maximum absolute atomic E-state index is 13.0. The van der Waals surface area contributed by atoms with Crippen LogP contribution in [-0.4, -0.2) is 39.6 Å². The molecular weight excluding hydrogens is 370 g/mol. The quantitative estimate of drug-likeness (QED) is 0.748. The Morgan fingerprint density at radius 1 is 0.962 bits per heavy atom. The third-order valence-electron chi connectivity index (χ3n) is 4.58. The zero-order valence-corrected chi connectivity index (χ0v) is 15.6. The fraction of sp³-hybridized carbons (Fsp3) is 0.211. The van der Waals surface area contributed by atoms with E-state index in [0.29, 0.717) is 5.02 Å². The van der Waals surface area contributed by atoms with Crippen LogP contribution in [0.1, 0.15) is 0 Å². The Morgan fingerprint density at radius 3 is 2.38 bits per heavy atom. The lowest BCUT2D eigenvalue weighted by molar-refractivity contribution is 0.590. The van der Waals surface area contributed by atoms with E-state index in [-0.39, 0.29) is 9.79 Å². The van der Waals surface area contributed by atoms with Crippen LogP contribution < -0.4 is 10.2 Å². The van der Waals surface area contributed by atoms with Crippen molar-refractivity contribution in [2.75, 3.05) is 31.1 Å². The molecule has 0 spiro atoms. The van der Waals surface area contributed by atoms with Gasteiger partial charge in [0.1, 0.15) is 0 Å². The number of benzene rings is 2. The number of fused-ring (bicyclic) bond motifs is 1. The Kier molecular flexibility index (Phi) is 4.56. The van der Waals surface area contributed by atoms with Crippen molar-refractivity contribution in [3.8, 4) is 0 Å². The van der Waals surface area contributed by atoms with Crippen molar-refractivity contribution < 1.29 is 8.42 Å². The van der Waals surface area contributed by atoms with E-state index < -0.39 is 9.84 Å². The van der Waals surface area contributed by atoms with Gasteiger partial charge in [0.2, 0.25) is 9.84 Å². The number of hydrogen-bond acceptors (Lipinski definition) is 5. The molecule has 0 radical (unpaired) electrons. The first-order valence-corrected chi connectivity index (χ1v) is 10.3. The van der Waals surface area contributed by atoms with E-state index in [9.17, 15) is 8.42 Å². The smallest absolute Gasteiger partial charge is 0.206 e. The maximum Gasteiger partial charge on any atom is 0.206 e. The van der Waals surface area contributed by atoms with E-state index in [1.54, 1.807) is 36.5 Å². The molecule has 0 amide bonds. The molecule has 1 N–H and O–H groups in total. The number of piperazine rings is 1. The number of pyridine rings is 1. The van der Waals surface area contributed by atoms with Gasteiger partial charge >= 0.3 is 0 Å². The van der Waals surface area contributed by atoms with Gasteiger partial charge in [-0.25, -0.2) is 8.42 Å². The lowest BCUT2D eigenvalue weighted by atomic mass is 10.1. The lowest BCUT2D eigenvalue weighted by Gasteiger charge is -2.30. The van der Waals surface area contributed by atoms with Gasteiger partial charge in [0.05, 0.1) is 15.3 Å². The summed E-state index contributed by atoms with van der Waals surface area (Å²) in [6.45, 7) is 3.58. The molecule has 2 aromatic carbocycles. The Balaban J connectivity index is 1.83. The van der Waals surface area contributed by atoms with Gasteiger partial charge in [-0.2, -0.15) is 0 Å². The molecule has 0 aliphatic carbocycles. The van der Waals surface area contributed by atoms with Crippen LogP contribution in [0.5, 0.6) is 0 Å². The molecule has 7 heteroatoms. The fourth-order valence-electron chi connectivity index (χ4n) is 3.21. The Morgan fingerprint density at radius 2 is 1.65 bits per heavy atom. The van der Waals surface area contributed by atoms with Crippen LogP contribution in [0.4, 0.5) is 5.69 Å². The minimum atomic E-state index is -3.61. The maximum atomic E-state index is 13.0. The number of hydrogen-bond donors (Lipinski definition) is 1. The molecule has 5 nitrogen and oxygen atoms in total. The van der Waals surface area contributed by atoms with Crippen LogP contribution in [0.25, 0.3) is 10.9 Å². The second-order valence-electron chi connectivity index (χ2n) is 6.20. The van der Waals surface area contributed by atoms with Gasteiger partial charge in [-0.05, 0) is 48.5 Å². The average Bonchev–Trinajstić information content (AvgIpc) is 2.68. The van der Waals surface area contributed by atoms with Crippen molar-refractivity contribution in [2.24, 2.45) is 0 Å². The highest BCUT2D eigenvalue weighted by Crippen LogP contribution is 2.30. The predicted octanol–water partition coefficient (Wildman–Crippen LogP) is 3.13. The summed E-state index contributed by atoms with van der Waals surface area (Å²) in [6, 6.07) is 13.3. The van der Waals surface area contributed by atoms with Crippen molar-refractivity contribution in [2.45, 2.75) is 9.79 Å². The summed E-state index contributed by atoms with van der Waals surface area (Å²) in [5, 5.41) is 4.69. The minimum absolute atomic E-state index is 0.230. The molecule has 0 saturated carbocycles. The second kappa shape index (κ2) is 6.87. The zero-order valence-electron chi connectivity index (χ0n) is 14.0. The van der Waals surface area contributed by atoms with Crippen molar-refractivity contribution in [3.05, 3.63) is 59.8 Å². The number of rotatable bonds is 3. The fourth-order valence-corrected chi connectivity index (χ4v) is 4.62. The van der Waals surface area contributed by atoms with Crippen LogP contribution in [0.2, 0.25) is 5.02 Å². The number of nitrogens with one attached hydrogen (secondary N) is 1. The number of aromatic nitrogens is 1. The SMILES string of the molecule is O=S(=O)(c1ccc(Cl)cc1)c1ccc2nccc(N3CCNCC3)c2c1. The van der Waals surface area contributed by atoms with Gasteiger partial charge in [-0.1, -0.05) is 11.6 Å². The molecule has 4 rings (SSSR count). The molecule has 1 aliphatic rings. The van der Waals surface area contributed by atoms with Gasteiger partial charge in [0, 0.05) is 48.5 Å². The lowest BCUT2D eigenvalue weighted by Crippen LogP contribution is -2.43. The summed E-state index contributed by atoms with van der Waals surface area (Å²) < 4.78 is 26.0. The summed E-state index contributed by atoms with van der Waals surface area (Å²) in [5.74, 6) is 0. The van der Waals surface area contributed by atoms with E-state index in [2.05, 4.69) is 15.2 Å². The van der Waals surface area contributed by atoms with Crippen molar-refractivity contribution >= 4 is 38.0 Å². The van der Waals surface area contributed by atoms with Crippen LogP contribution in [-0.2, 0) is 9.84 Å². The van der Waals surface area contributed by atoms with E-state index in [1.807, 2.05) is 6.07 Å². The summed E-state index contributed by atoms with van der Waals surface area (Å²) in [4.78, 5) is 7.14. The molecule has 1 aromatic heterocycles. The van der Waals surface area contributed by atoms with Gasteiger partial charge in [-0.15, -0.1) is 0 Å². The molecule has 1 saturated heterocycles. The normalized spacial score (nSPS) is 15.3. The van der Waals surface area contributed by atoms with E-state index in [0.717, 1.165) is 42.8 Å². The summed E-state index contributed by atoms with van der Waals surface area (Å²) in [5.41, 5.74) is 1.81. The largest absolute Gasteiger partial charge is 0.368 e. The number of nitrogens with zero attached hydrogens (tertiary/aromatic N) is 2. The van der Waals surface area contributed by atoms with Crippen molar-refractivity contribution in [1.29, 1.82) is 0 Å². The molecule has 26 heavy (non-hydrogen) atoms. The standard InChI is InChI=1S/C19H18ClN3O2S/c20-14-1-3-15(4-2-14)26(24,25)16-5-6-18-17(13-16)19(7-8-22-18)23-11-9-21-10-12-23/h1-8,13,21H,9-12H2.